The molecule has 0 aliphatic rings. The van der Waals surface area contributed by atoms with E-state index in [4.69, 9.17) is 28.3 Å². The summed E-state index contributed by atoms with van der Waals surface area (Å²) in [6.45, 7) is -8.58. The zero-order valence-electron chi connectivity index (χ0n) is 34.0. The third kappa shape index (κ3) is 11.0. The van der Waals surface area contributed by atoms with Crippen LogP contribution in [-0.2, 0) is 67.4 Å². The number of hydrogen-bond donors (Lipinski definition) is 7. The second kappa shape index (κ2) is 20.7. The van der Waals surface area contributed by atoms with Crippen molar-refractivity contribution in [2.75, 3.05) is 52.7 Å². The summed E-state index contributed by atoms with van der Waals surface area (Å²) in [6.07, 6.45) is 0. The first kappa shape index (κ1) is 51.4. The topological polar surface area (TPSA) is 388 Å². The van der Waals surface area contributed by atoms with Crippen LogP contribution in [0.3, 0.4) is 0 Å². The van der Waals surface area contributed by atoms with Gasteiger partial charge in [-0.25, -0.2) is 22.8 Å². The molecule has 0 aliphatic heterocycles. The first-order valence-electron chi connectivity index (χ1n) is 19.1. The minimum absolute atomic E-state index is 0.341. The highest BCUT2D eigenvalue weighted by Crippen LogP contribution is 2.45. The predicted octanol–water partition coefficient (Wildman–Crippen LogP) is -2.68. The van der Waals surface area contributed by atoms with E-state index in [1.54, 1.807) is 0 Å². The van der Waals surface area contributed by atoms with Crippen molar-refractivity contribution in [3.05, 3.63) is 107 Å². The van der Waals surface area contributed by atoms with Crippen LogP contribution in [0, 0.1) is 11.8 Å². The van der Waals surface area contributed by atoms with Gasteiger partial charge in [-0.1, -0.05) is 0 Å². The molecule has 2 aromatic carbocycles. The Balaban J connectivity index is 1.10. The zero-order valence-corrected chi connectivity index (χ0v) is 36.7. The SMILES string of the molecule is O=c1c2cc3c(=O)n(COP(=O)(O)OCCn4c(=O)c5cc6c(=O)n(COP(=O)(O)OCC(CO)CNF)c(=O)c6cc5c4=O)c(=O)c3cc2c(=O)n1CCOP(=O)(O)OCC(CO)CNF. The van der Waals surface area contributed by atoms with Crippen molar-refractivity contribution in [1.29, 1.82) is 0 Å². The normalized spacial score (nSPS) is 16.0. The predicted molar refractivity (Wildman–Crippen MR) is 225 cm³/mol. The smallest absolute Gasteiger partial charge is 0.396 e. The molecule has 6 rings (SSSR count). The minimum Gasteiger partial charge on any atom is -0.396 e. The summed E-state index contributed by atoms with van der Waals surface area (Å²) in [5, 5.41) is 15.3. The average molecular weight is 1010 g/mol. The molecule has 0 spiro atoms. The van der Waals surface area contributed by atoms with Gasteiger partial charge in [-0.3, -0.25) is 74.6 Å². The molecule has 4 heterocycles. The van der Waals surface area contributed by atoms with E-state index < -0.39 is 181 Å². The fourth-order valence-corrected chi connectivity index (χ4v) is 8.80. The molecule has 0 radical (unpaired) electrons. The van der Waals surface area contributed by atoms with Gasteiger partial charge >= 0.3 is 23.5 Å². The highest BCUT2D eigenvalue weighted by molar-refractivity contribution is 7.47. The molecule has 0 amide bonds. The van der Waals surface area contributed by atoms with Crippen LogP contribution in [0.5, 0.6) is 0 Å². The van der Waals surface area contributed by atoms with Crippen LogP contribution in [0.25, 0.3) is 43.1 Å². The van der Waals surface area contributed by atoms with Gasteiger partial charge in [0.25, 0.3) is 44.5 Å². The Hall–Kier alpha value is -4.97. The second-order valence-electron chi connectivity index (χ2n) is 14.4. The third-order valence-corrected chi connectivity index (χ3v) is 13.0. The Morgan fingerprint density at radius 3 is 0.970 bits per heavy atom. The largest absolute Gasteiger partial charge is 0.473 e. The number of aliphatic hydroxyl groups excluding tert-OH is 2. The fraction of sp³-hybridized carbons (Fsp3) is 0.412. The van der Waals surface area contributed by atoms with E-state index in [1.807, 2.05) is 0 Å². The average Bonchev–Trinajstić information content (AvgIpc) is 3.86. The van der Waals surface area contributed by atoms with Crippen molar-refractivity contribution < 1.29 is 74.7 Å². The quantitative estimate of drug-likeness (QED) is 0.0215. The molecular weight excluding hydrogens is 975 g/mol. The van der Waals surface area contributed by atoms with Gasteiger partial charge in [-0.05, 0) is 24.3 Å². The van der Waals surface area contributed by atoms with Gasteiger partial charge in [0.2, 0.25) is 0 Å². The van der Waals surface area contributed by atoms with Gasteiger partial charge in [0.05, 0.1) is 82.6 Å². The monoisotopic (exact) mass is 1010 g/mol. The number of phosphoric ester groups is 3. The molecule has 4 aromatic heterocycles. The lowest BCUT2D eigenvalue weighted by Crippen LogP contribution is -2.28. The number of nitrogens with zero attached hydrogens (tertiary/aromatic N) is 4. The third-order valence-electron chi connectivity index (χ3n) is 10.2. The number of nitrogens with one attached hydrogen (secondary N) is 2. The maximum absolute atomic E-state index is 13.2. The molecule has 0 aliphatic carbocycles. The summed E-state index contributed by atoms with van der Waals surface area (Å²) >= 11 is 0. The van der Waals surface area contributed by atoms with Gasteiger partial charge in [0, 0.05) is 38.1 Å². The summed E-state index contributed by atoms with van der Waals surface area (Å²) in [5.41, 5.74) is -5.98. The standard InChI is InChI=1S/C34H37F2N6O22P3/c35-37-9-17(11-43)13-61-65(53,54)59-3-1-39-27(45)19-5-23-24(6-20(19)28(39)46)32(50)41(31(23)49)15-63-66(55,56)60-4-2-40-29(47)21-7-25-26(8-22(21)30(40)48)34(52)42(33(25)51)16-64-67(57,58)62-14-18(12-44)10-38-36/h5-8,17-18,37-38,43-44H,1-4,9-16H2,(H,53,54)(H,55,56)(H,57,58). The van der Waals surface area contributed by atoms with Crippen molar-refractivity contribution in [1.82, 2.24) is 29.3 Å². The maximum atomic E-state index is 13.2. The Morgan fingerprint density at radius 1 is 0.448 bits per heavy atom. The molecule has 7 N–H and O–H groups in total. The zero-order chi connectivity index (χ0) is 49.2. The lowest BCUT2D eigenvalue weighted by atomic mass is 10.1. The van der Waals surface area contributed by atoms with Crippen molar-refractivity contribution in [3.63, 3.8) is 0 Å². The molecule has 0 fully saturated rings. The highest BCUT2D eigenvalue weighted by atomic mass is 31.2. The van der Waals surface area contributed by atoms with Gasteiger partial charge in [0.1, 0.15) is 13.5 Å². The number of rotatable bonds is 26. The van der Waals surface area contributed by atoms with Crippen molar-refractivity contribution >= 4 is 66.6 Å². The van der Waals surface area contributed by atoms with Crippen LogP contribution in [0.1, 0.15) is 0 Å². The van der Waals surface area contributed by atoms with Gasteiger partial charge < -0.3 is 24.9 Å². The molecule has 5 unspecified atom stereocenters. The maximum Gasteiger partial charge on any atom is 0.473 e. The summed E-state index contributed by atoms with van der Waals surface area (Å²) in [5.74, 6) is -1.87. The molecular formula is C34H37F2N6O22P3. The van der Waals surface area contributed by atoms with E-state index >= 15 is 0 Å². The molecule has 0 saturated carbocycles. The van der Waals surface area contributed by atoms with Crippen molar-refractivity contribution in [2.45, 2.75) is 26.6 Å². The second-order valence-corrected chi connectivity index (χ2v) is 18.8. The summed E-state index contributed by atoms with van der Waals surface area (Å²) < 4.78 is 92.1. The van der Waals surface area contributed by atoms with Crippen LogP contribution >= 0.6 is 23.5 Å². The molecule has 33 heteroatoms. The lowest BCUT2D eigenvalue weighted by molar-refractivity contribution is 0.0840. The van der Waals surface area contributed by atoms with Crippen molar-refractivity contribution in [3.8, 4) is 0 Å². The molecule has 0 saturated heterocycles. The van der Waals surface area contributed by atoms with E-state index in [0.717, 1.165) is 24.3 Å². The van der Waals surface area contributed by atoms with E-state index in [1.165, 1.54) is 11.1 Å². The number of phosphoric acid groups is 3. The van der Waals surface area contributed by atoms with E-state index in [2.05, 4.69) is 9.05 Å². The van der Waals surface area contributed by atoms with Gasteiger partial charge in [-0.15, -0.1) is 8.96 Å². The van der Waals surface area contributed by atoms with Gasteiger partial charge in [0.15, 0.2) is 0 Å². The van der Waals surface area contributed by atoms with E-state index in [0.29, 0.717) is 18.3 Å². The summed E-state index contributed by atoms with van der Waals surface area (Å²) in [7, 11) is -14.9. The number of aliphatic hydroxyl groups is 2. The number of fused-ring (bicyclic) bond motifs is 4. The van der Waals surface area contributed by atoms with E-state index in [-0.39, 0.29) is 21.5 Å². The Bertz CT molecular complexity index is 3270. The molecule has 6 aromatic rings. The number of aromatic nitrogens is 4. The minimum atomic E-state index is -5.19. The molecule has 5 atom stereocenters. The fourth-order valence-electron chi connectivity index (χ4n) is 6.63. The van der Waals surface area contributed by atoms with Crippen molar-refractivity contribution in [2.24, 2.45) is 11.8 Å². The van der Waals surface area contributed by atoms with Crippen LogP contribution in [0.2, 0.25) is 0 Å². The number of halogens is 2. The Kier molecular flexibility index (Phi) is 15.9. The Morgan fingerprint density at radius 2 is 0.701 bits per heavy atom. The van der Waals surface area contributed by atoms with Crippen LogP contribution in [0.15, 0.2) is 62.6 Å². The van der Waals surface area contributed by atoms with Gasteiger partial charge in [-0.2, -0.15) is 11.1 Å². The first-order chi connectivity index (χ1) is 31.6. The number of hydrogen-bond acceptors (Lipinski definition) is 21. The molecule has 28 nitrogen and oxygen atoms in total. The number of benzene rings is 2. The summed E-state index contributed by atoms with van der Waals surface area (Å²) in [4.78, 5) is 135. The lowest BCUT2D eigenvalue weighted by Gasteiger charge is -2.16. The van der Waals surface area contributed by atoms with E-state index in [9.17, 15) is 75.7 Å². The first-order valence-corrected chi connectivity index (χ1v) is 23.6. The van der Waals surface area contributed by atoms with Crippen LogP contribution in [0.4, 0.5) is 8.96 Å². The van der Waals surface area contributed by atoms with Crippen LogP contribution < -0.4 is 55.6 Å². The van der Waals surface area contributed by atoms with Crippen LogP contribution in [-0.4, -0.2) is 95.9 Å². The Labute approximate surface area is 368 Å². The molecule has 364 valence electrons. The molecule has 0 bridgehead atoms. The highest BCUT2D eigenvalue weighted by Gasteiger charge is 2.29. The summed E-state index contributed by atoms with van der Waals surface area (Å²) in [6, 6.07) is 3.66. The molecule has 67 heavy (non-hydrogen) atoms.